The van der Waals surface area contributed by atoms with Gasteiger partial charge in [-0.2, -0.15) is 4.99 Å². The standard InChI is InChI=1S/C19H23ClN2O4S/c1-11-16(19(2,3)24)27-18(22(11)10-13-7-8-26-13)21-17(23)14-9-12(20)5-6-15(14)25-4/h5-6,9,13,24H,7-8,10H2,1-4H3/b21-18-. The zero-order valence-corrected chi connectivity index (χ0v) is 17.4. The second kappa shape index (κ2) is 7.75. The van der Waals surface area contributed by atoms with Crippen LogP contribution < -0.4 is 9.54 Å². The molecule has 2 heterocycles. The number of aliphatic hydroxyl groups is 1. The van der Waals surface area contributed by atoms with E-state index in [-0.39, 0.29) is 6.10 Å². The molecule has 1 saturated heterocycles. The van der Waals surface area contributed by atoms with E-state index in [1.54, 1.807) is 32.0 Å². The molecule has 1 aromatic heterocycles. The predicted octanol–water partition coefficient (Wildman–Crippen LogP) is 3.28. The summed E-state index contributed by atoms with van der Waals surface area (Å²) < 4.78 is 12.7. The van der Waals surface area contributed by atoms with E-state index in [9.17, 15) is 9.90 Å². The van der Waals surface area contributed by atoms with Gasteiger partial charge in [0.05, 0.1) is 35.8 Å². The van der Waals surface area contributed by atoms with Crippen LogP contribution in [-0.4, -0.2) is 35.4 Å². The lowest BCUT2D eigenvalue weighted by molar-refractivity contribution is -0.0599. The Bertz CT molecular complexity index is 923. The van der Waals surface area contributed by atoms with Crippen molar-refractivity contribution in [3.63, 3.8) is 0 Å². The van der Waals surface area contributed by atoms with Gasteiger partial charge in [-0.15, -0.1) is 0 Å². The Morgan fingerprint density at radius 3 is 2.78 bits per heavy atom. The molecule has 1 aliphatic rings. The molecule has 1 aromatic carbocycles. The van der Waals surface area contributed by atoms with Crippen LogP contribution in [0.15, 0.2) is 23.2 Å². The third-order valence-corrected chi connectivity index (χ3v) is 6.21. The SMILES string of the molecule is COc1ccc(Cl)cc1C(=O)/N=c1\sc(C(C)(C)O)c(C)n1CC1CCO1. The lowest BCUT2D eigenvalue weighted by atomic mass is 10.1. The number of methoxy groups -OCH3 is 1. The summed E-state index contributed by atoms with van der Waals surface area (Å²) in [5.41, 5.74) is 0.154. The molecule has 0 bridgehead atoms. The Morgan fingerprint density at radius 2 is 2.22 bits per heavy atom. The highest BCUT2D eigenvalue weighted by Gasteiger charge is 2.27. The van der Waals surface area contributed by atoms with Crippen molar-refractivity contribution in [2.45, 2.75) is 45.4 Å². The first-order chi connectivity index (χ1) is 12.7. The van der Waals surface area contributed by atoms with Gasteiger partial charge in [0.2, 0.25) is 0 Å². The second-order valence-corrected chi connectivity index (χ2v) is 8.43. The van der Waals surface area contributed by atoms with Gasteiger partial charge >= 0.3 is 0 Å². The van der Waals surface area contributed by atoms with E-state index >= 15 is 0 Å². The van der Waals surface area contributed by atoms with Crippen molar-refractivity contribution in [2.75, 3.05) is 13.7 Å². The smallest absolute Gasteiger partial charge is 0.283 e. The number of aromatic nitrogens is 1. The monoisotopic (exact) mass is 410 g/mol. The average Bonchev–Trinajstić information content (AvgIpc) is 2.87. The first-order valence-electron chi connectivity index (χ1n) is 8.68. The van der Waals surface area contributed by atoms with Gasteiger partial charge in [-0.1, -0.05) is 22.9 Å². The summed E-state index contributed by atoms with van der Waals surface area (Å²) in [6.07, 6.45) is 1.07. The Morgan fingerprint density at radius 1 is 1.52 bits per heavy atom. The molecule has 1 atom stereocenters. The Hall–Kier alpha value is -1.67. The number of nitrogens with zero attached hydrogens (tertiary/aromatic N) is 2. The molecule has 0 spiro atoms. The van der Waals surface area contributed by atoms with Crippen molar-refractivity contribution in [3.8, 4) is 5.75 Å². The number of hydrogen-bond acceptors (Lipinski definition) is 5. The van der Waals surface area contributed by atoms with E-state index < -0.39 is 11.5 Å². The fraction of sp³-hybridized carbons (Fsp3) is 0.474. The normalized spacial score (nSPS) is 17.7. The van der Waals surface area contributed by atoms with Crippen LogP contribution in [0.2, 0.25) is 5.02 Å². The molecular weight excluding hydrogens is 388 g/mol. The van der Waals surface area contributed by atoms with Crippen molar-refractivity contribution in [1.82, 2.24) is 4.57 Å². The maximum absolute atomic E-state index is 12.8. The summed E-state index contributed by atoms with van der Waals surface area (Å²) in [6, 6.07) is 4.85. The van der Waals surface area contributed by atoms with Crippen LogP contribution in [0.25, 0.3) is 0 Å². The maximum atomic E-state index is 12.8. The molecule has 0 radical (unpaired) electrons. The number of benzene rings is 1. The highest BCUT2D eigenvalue weighted by Crippen LogP contribution is 2.28. The minimum atomic E-state index is -1.03. The molecule has 6 nitrogen and oxygen atoms in total. The minimum absolute atomic E-state index is 0.0997. The molecule has 1 fully saturated rings. The van der Waals surface area contributed by atoms with Crippen LogP contribution in [0.3, 0.4) is 0 Å². The van der Waals surface area contributed by atoms with Crippen molar-refractivity contribution in [3.05, 3.63) is 44.2 Å². The zero-order chi connectivity index (χ0) is 19.8. The number of amides is 1. The van der Waals surface area contributed by atoms with Crippen LogP contribution in [0.4, 0.5) is 0 Å². The molecule has 0 aliphatic carbocycles. The van der Waals surface area contributed by atoms with E-state index in [2.05, 4.69) is 4.99 Å². The number of thiazole rings is 1. The summed E-state index contributed by atoms with van der Waals surface area (Å²) in [6.45, 7) is 6.71. The molecule has 8 heteroatoms. The number of carbonyl (C=O) groups excluding carboxylic acids is 1. The summed E-state index contributed by atoms with van der Waals surface area (Å²) >= 11 is 7.34. The third kappa shape index (κ3) is 4.27. The summed E-state index contributed by atoms with van der Waals surface area (Å²) in [7, 11) is 1.50. The summed E-state index contributed by atoms with van der Waals surface area (Å²) in [4.78, 5) is 18.4. The van der Waals surface area contributed by atoms with Crippen molar-refractivity contribution < 1.29 is 19.4 Å². The topological polar surface area (TPSA) is 73.0 Å². The van der Waals surface area contributed by atoms with Crippen molar-refractivity contribution in [2.24, 2.45) is 4.99 Å². The van der Waals surface area contributed by atoms with Crippen molar-refractivity contribution in [1.29, 1.82) is 0 Å². The molecule has 0 saturated carbocycles. The number of ether oxygens (including phenoxy) is 2. The third-order valence-electron chi connectivity index (χ3n) is 4.48. The van der Waals surface area contributed by atoms with Gasteiger partial charge in [-0.25, -0.2) is 0 Å². The maximum Gasteiger partial charge on any atom is 0.283 e. The Balaban J connectivity index is 2.09. The lowest BCUT2D eigenvalue weighted by Gasteiger charge is -2.27. The van der Waals surface area contributed by atoms with E-state index in [1.165, 1.54) is 18.4 Å². The average molecular weight is 411 g/mol. The highest BCUT2D eigenvalue weighted by molar-refractivity contribution is 7.09. The van der Waals surface area contributed by atoms with Gasteiger partial charge in [-0.05, 0) is 45.4 Å². The molecule has 1 unspecified atom stereocenters. The number of carbonyl (C=O) groups is 1. The van der Waals surface area contributed by atoms with Crippen LogP contribution in [0, 0.1) is 6.92 Å². The minimum Gasteiger partial charge on any atom is -0.496 e. The first-order valence-corrected chi connectivity index (χ1v) is 9.87. The highest BCUT2D eigenvalue weighted by atomic mass is 35.5. The quantitative estimate of drug-likeness (QED) is 0.820. The Labute approximate surface area is 167 Å². The van der Waals surface area contributed by atoms with Crippen molar-refractivity contribution >= 4 is 28.8 Å². The van der Waals surface area contributed by atoms with Gasteiger partial charge < -0.3 is 19.1 Å². The van der Waals surface area contributed by atoms with Crippen LogP contribution in [0.5, 0.6) is 5.75 Å². The number of halogens is 1. The molecule has 2 aromatic rings. The van der Waals surface area contributed by atoms with Crippen LogP contribution in [0.1, 0.15) is 41.2 Å². The molecule has 3 rings (SSSR count). The first kappa shape index (κ1) is 20.1. The van der Waals surface area contributed by atoms with Gasteiger partial charge in [-0.3, -0.25) is 4.79 Å². The zero-order valence-electron chi connectivity index (χ0n) is 15.8. The van der Waals surface area contributed by atoms with Crippen LogP contribution >= 0.6 is 22.9 Å². The molecule has 1 N–H and O–H groups in total. The van der Waals surface area contributed by atoms with Crippen LogP contribution in [-0.2, 0) is 16.9 Å². The van der Waals surface area contributed by atoms with Gasteiger partial charge in [0.15, 0.2) is 4.80 Å². The van der Waals surface area contributed by atoms with E-state index in [4.69, 9.17) is 21.1 Å². The van der Waals surface area contributed by atoms with Gasteiger partial charge in [0.25, 0.3) is 5.91 Å². The molecule has 27 heavy (non-hydrogen) atoms. The summed E-state index contributed by atoms with van der Waals surface area (Å²) in [5.74, 6) is -0.0285. The molecular formula is C19H23ClN2O4S. The largest absolute Gasteiger partial charge is 0.496 e. The molecule has 146 valence electrons. The molecule has 1 aliphatic heterocycles. The summed E-state index contributed by atoms with van der Waals surface area (Å²) in [5, 5.41) is 10.9. The predicted molar refractivity (Wildman–Crippen MR) is 105 cm³/mol. The van der Waals surface area contributed by atoms with E-state index in [0.717, 1.165) is 23.6 Å². The fourth-order valence-corrected chi connectivity index (χ4v) is 4.29. The number of hydrogen-bond donors (Lipinski definition) is 1. The van der Waals surface area contributed by atoms with E-state index in [0.29, 0.717) is 27.7 Å². The Kier molecular flexibility index (Phi) is 5.76. The number of rotatable bonds is 5. The molecule has 1 amide bonds. The fourth-order valence-electron chi connectivity index (χ4n) is 2.98. The van der Waals surface area contributed by atoms with Gasteiger partial charge in [0.1, 0.15) is 5.75 Å². The lowest BCUT2D eigenvalue weighted by Crippen LogP contribution is -2.35. The van der Waals surface area contributed by atoms with E-state index in [1.807, 2.05) is 11.5 Å². The van der Waals surface area contributed by atoms with Gasteiger partial charge in [0, 0.05) is 17.3 Å². The second-order valence-electron chi connectivity index (χ2n) is 7.01.